The molecule has 0 unspecified atom stereocenters. The van der Waals surface area contributed by atoms with Crippen LogP contribution < -0.4 is 0 Å². The number of terminal acetylenes is 1. The molecule has 2 rings (SSSR count). The molecule has 1 aliphatic carbocycles. The van der Waals surface area contributed by atoms with Crippen LogP contribution in [0, 0.1) is 18.3 Å². The van der Waals surface area contributed by atoms with E-state index < -0.39 is 36.1 Å². The van der Waals surface area contributed by atoms with Crippen LogP contribution in [0.5, 0.6) is 0 Å². The van der Waals surface area contributed by atoms with Crippen LogP contribution in [0.15, 0.2) is 0 Å². The molecule has 4 atom stereocenters. The van der Waals surface area contributed by atoms with Crippen molar-refractivity contribution in [2.45, 2.75) is 63.8 Å². The fourth-order valence-corrected chi connectivity index (χ4v) is 3.09. The number of halogens is 3. The predicted octanol–water partition coefficient (Wildman–Crippen LogP) is 2.92. The molecule has 2 fully saturated rings. The molecule has 0 spiro atoms. The molecule has 0 aromatic rings. The maximum atomic E-state index is 12.4. The summed E-state index contributed by atoms with van der Waals surface area (Å²) in [5, 5.41) is 0. The van der Waals surface area contributed by atoms with Crippen molar-refractivity contribution in [1.29, 1.82) is 0 Å². The topological polar surface area (TPSA) is 38.8 Å². The highest BCUT2D eigenvalue weighted by Gasteiger charge is 2.56. The van der Waals surface area contributed by atoms with Gasteiger partial charge in [-0.15, -0.1) is 19.6 Å². The summed E-state index contributed by atoms with van der Waals surface area (Å²) in [6.45, 7) is 5.17. The van der Waals surface area contributed by atoms with Gasteiger partial charge in [0.2, 0.25) is 0 Å². The maximum absolute atomic E-state index is 12.4. The van der Waals surface area contributed by atoms with Gasteiger partial charge in [-0.2, -0.15) is 0 Å². The number of hydrogen-bond donors (Lipinski definition) is 0. The van der Waals surface area contributed by atoms with Gasteiger partial charge in [0.25, 0.3) is 0 Å². The number of rotatable bonds is 1. The van der Waals surface area contributed by atoms with Gasteiger partial charge in [0.05, 0.1) is 6.10 Å². The van der Waals surface area contributed by atoms with E-state index in [-0.39, 0.29) is 12.5 Å². The zero-order valence-corrected chi connectivity index (χ0v) is 12.1. The van der Waals surface area contributed by atoms with Gasteiger partial charge in [0.15, 0.2) is 0 Å². The molecule has 21 heavy (non-hydrogen) atoms. The molecule has 7 heteroatoms. The number of nitrogens with zero attached hydrogens (tertiary/aromatic N) is 1. The fraction of sp³-hybridized carbons (Fsp3) is 0.786. The molecule has 118 valence electrons. The van der Waals surface area contributed by atoms with E-state index in [4.69, 9.17) is 11.2 Å². The molecule has 0 N–H and O–H groups in total. The van der Waals surface area contributed by atoms with Gasteiger partial charge >= 0.3 is 12.5 Å². The van der Waals surface area contributed by atoms with Crippen LogP contribution in [0.4, 0.5) is 18.0 Å². The van der Waals surface area contributed by atoms with E-state index in [1.54, 1.807) is 20.8 Å². The van der Waals surface area contributed by atoms with E-state index in [0.717, 1.165) is 0 Å². The highest BCUT2D eigenvalue weighted by atomic mass is 19.4. The second-order valence-corrected chi connectivity index (χ2v) is 6.39. The number of ether oxygens (including phenoxy) is 2. The van der Waals surface area contributed by atoms with Crippen LogP contribution in [0.3, 0.4) is 0 Å². The molecule has 1 saturated heterocycles. The Hall–Kier alpha value is -1.42. The summed E-state index contributed by atoms with van der Waals surface area (Å²) in [6, 6.07) is -1.08. The predicted molar refractivity (Wildman–Crippen MR) is 68.1 cm³/mol. The number of piperidine rings is 1. The van der Waals surface area contributed by atoms with Crippen LogP contribution in [-0.2, 0) is 9.47 Å². The lowest BCUT2D eigenvalue weighted by atomic mass is 9.96. The molecule has 0 radical (unpaired) electrons. The first-order valence-electron chi connectivity index (χ1n) is 6.74. The second-order valence-electron chi connectivity index (χ2n) is 6.39. The van der Waals surface area contributed by atoms with E-state index in [1.807, 2.05) is 0 Å². The van der Waals surface area contributed by atoms with Crippen molar-refractivity contribution in [2.75, 3.05) is 0 Å². The van der Waals surface area contributed by atoms with Gasteiger partial charge in [-0.1, -0.05) is 5.92 Å². The number of alkyl halides is 3. The highest BCUT2D eigenvalue weighted by Crippen LogP contribution is 2.46. The molecule has 4 nitrogen and oxygen atoms in total. The van der Waals surface area contributed by atoms with Gasteiger partial charge in [-0.25, -0.2) is 4.79 Å². The minimum atomic E-state index is -4.69. The summed E-state index contributed by atoms with van der Waals surface area (Å²) >= 11 is 0. The van der Waals surface area contributed by atoms with Crippen molar-refractivity contribution >= 4 is 6.09 Å². The minimum Gasteiger partial charge on any atom is -0.444 e. The Morgan fingerprint density at radius 1 is 1.29 bits per heavy atom. The van der Waals surface area contributed by atoms with Crippen LogP contribution in [-0.4, -0.2) is 41.1 Å². The number of carbonyl (C=O) groups is 1. The third-order valence-electron chi connectivity index (χ3n) is 3.68. The SMILES string of the molecule is C#C[C@H]1[C@H]2C[C@H](C[C@@H]2OC(F)(F)F)N1C(=O)OC(C)(C)C. The van der Waals surface area contributed by atoms with Gasteiger partial charge in [0, 0.05) is 12.0 Å². The summed E-state index contributed by atoms with van der Waals surface area (Å²) in [7, 11) is 0. The Morgan fingerprint density at radius 3 is 2.38 bits per heavy atom. The van der Waals surface area contributed by atoms with Gasteiger partial charge in [0.1, 0.15) is 11.6 Å². The number of likely N-dealkylation sites (tertiary alicyclic amines) is 1. The molecular formula is C14H18F3NO3. The van der Waals surface area contributed by atoms with Crippen molar-refractivity contribution < 1.29 is 27.4 Å². The van der Waals surface area contributed by atoms with Crippen LogP contribution >= 0.6 is 0 Å². The Kier molecular flexibility index (Phi) is 3.87. The molecular weight excluding hydrogens is 287 g/mol. The van der Waals surface area contributed by atoms with E-state index in [1.165, 1.54) is 4.90 Å². The first-order chi connectivity index (χ1) is 9.52. The van der Waals surface area contributed by atoms with Crippen molar-refractivity contribution in [3.63, 3.8) is 0 Å². The van der Waals surface area contributed by atoms with Crippen molar-refractivity contribution in [3.8, 4) is 12.3 Å². The lowest BCUT2D eigenvalue weighted by molar-refractivity contribution is -0.348. The Morgan fingerprint density at radius 2 is 1.90 bits per heavy atom. The zero-order chi connectivity index (χ0) is 16.0. The Bertz CT molecular complexity index is 464. The number of fused-ring (bicyclic) bond motifs is 2. The molecule has 1 amide bonds. The lowest BCUT2D eigenvalue weighted by Gasteiger charge is -2.37. The summed E-state index contributed by atoms with van der Waals surface area (Å²) in [5.74, 6) is 1.90. The summed E-state index contributed by atoms with van der Waals surface area (Å²) < 4.78 is 46.5. The summed E-state index contributed by atoms with van der Waals surface area (Å²) in [6.07, 6.45) is -0.320. The van der Waals surface area contributed by atoms with Crippen molar-refractivity contribution in [2.24, 2.45) is 5.92 Å². The number of carbonyl (C=O) groups excluding carboxylic acids is 1. The third-order valence-corrected chi connectivity index (χ3v) is 3.68. The Balaban J connectivity index is 2.10. The van der Waals surface area contributed by atoms with Gasteiger partial charge in [-0.05, 0) is 33.6 Å². The lowest BCUT2D eigenvalue weighted by Crippen LogP contribution is -2.51. The van der Waals surface area contributed by atoms with Crippen LogP contribution in [0.1, 0.15) is 33.6 Å². The first kappa shape index (κ1) is 16.0. The molecule has 1 aliphatic heterocycles. The Labute approximate surface area is 121 Å². The van der Waals surface area contributed by atoms with Crippen molar-refractivity contribution in [1.82, 2.24) is 4.90 Å². The molecule has 2 bridgehead atoms. The largest absolute Gasteiger partial charge is 0.522 e. The van der Waals surface area contributed by atoms with E-state index in [9.17, 15) is 18.0 Å². The van der Waals surface area contributed by atoms with Gasteiger partial charge < -0.3 is 4.74 Å². The average molecular weight is 305 g/mol. The minimum absolute atomic E-state index is 0.127. The van der Waals surface area contributed by atoms with Gasteiger partial charge in [-0.3, -0.25) is 9.64 Å². The fourth-order valence-electron chi connectivity index (χ4n) is 3.09. The maximum Gasteiger partial charge on any atom is 0.522 e. The van der Waals surface area contributed by atoms with Crippen LogP contribution in [0.2, 0.25) is 0 Å². The number of amides is 1. The van der Waals surface area contributed by atoms with Crippen molar-refractivity contribution in [3.05, 3.63) is 0 Å². The molecule has 1 saturated carbocycles. The highest BCUT2D eigenvalue weighted by molar-refractivity contribution is 5.70. The molecule has 2 aliphatic rings. The summed E-state index contributed by atoms with van der Waals surface area (Å²) in [4.78, 5) is 13.5. The van der Waals surface area contributed by atoms with E-state index in [2.05, 4.69) is 10.7 Å². The summed E-state index contributed by atoms with van der Waals surface area (Å²) in [5.41, 5.74) is -0.681. The third kappa shape index (κ3) is 3.43. The second kappa shape index (κ2) is 5.09. The average Bonchev–Trinajstić information content (AvgIpc) is 2.80. The standard InChI is InChI=1S/C14H18F3NO3/c1-5-10-9-6-8(7-11(9)20-14(15,16)17)18(10)12(19)21-13(2,3)4/h1,8-11H,6-7H2,2-4H3/t8-,9-,10+,11+/m1/s1. The van der Waals surface area contributed by atoms with E-state index in [0.29, 0.717) is 6.42 Å². The quantitative estimate of drug-likeness (QED) is 0.699. The zero-order valence-electron chi connectivity index (χ0n) is 12.1. The smallest absolute Gasteiger partial charge is 0.444 e. The molecule has 1 heterocycles. The molecule has 0 aromatic heterocycles. The number of hydrogen-bond acceptors (Lipinski definition) is 3. The molecule has 0 aromatic carbocycles. The first-order valence-corrected chi connectivity index (χ1v) is 6.74. The van der Waals surface area contributed by atoms with Crippen LogP contribution in [0.25, 0.3) is 0 Å². The van der Waals surface area contributed by atoms with E-state index >= 15 is 0 Å². The normalized spacial score (nSPS) is 32.1. The monoisotopic (exact) mass is 305 g/mol.